The van der Waals surface area contributed by atoms with Crippen molar-refractivity contribution in [1.29, 1.82) is 5.26 Å². The van der Waals surface area contributed by atoms with Crippen LogP contribution in [0.15, 0.2) is 66.4 Å². The van der Waals surface area contributed by atoms with Crippen LogP contribution in [0.4, 0.5) is 0 Å². The predicted octanol–water partition coefficient (Wildman–Crippen LogP) is 5.55. The summed E-state index contributed by atoms with van der Waals surface area (Å²) in [5, 5.41) is 19.7. The first-order chi connectivity index (χ1) is 11.8. The van der Waals surface area contributed by atoms with Gasteiger partial charge in [-0.25, -0.2) is 0 Å². The van der Waals surface area contributed by atoms with Gasteiger partial charge in [0.05, 0.1) is 15.6 Å². The molecule has 0 aromatic heterocycles. The summed E-state index contributed by atoms with van der Waals surface area (Å²) in [4.78, 5) is 0. The van der Waals surface area contributed by atoms with Crippen LogP contribution in [0, 0.1) is 11.3 Å². The molecule has 0 saturated carbocycles. The Labute approximate surface area is 156 Å². The minimum absolute atomic E-state index is 0.161. The van der Waals surface area contributed by atoms with Crippen molar-refractivity contribution in [1.82, 2.24) is 0 Å². The average Bonchev–Trinajstić information content (AvgIpc) is 2.57. The summed E-state index contributed by atoms with van der Waals surface area (Å²) in [6.07, 6.45) is 1.73. The number of aromatic hydroxyl groups is 1. The summed E-state index contributed by atoms with van der Waals surface area (Å²) in [6.45, 7) is 5.69. The summed E-state index contributed by atoms with van der Waals surface area (Å²) in [6, 6.07) is 13.9. The van der Waals surface area contributed by atoms with Crippen LogP contribution >= 0.6 is 23.2 Å². The van der Waals surface area contributed by atoms with E-state index in [4.69, 9.17) is 28.9 Å². The Morgan fingerprint density at radius 2 is 1.84 bits per heavy atom. The Morgan fingerprint density at radius 1 is 1.20 bits per heavy atom. The van der Waals surface area contributed by atoms with Crippen molar-refractivity contribution in [3.8, 4) is 11.8 Å². The molecule has 0 fully saturated rings. The van der Waals surface area contributed by atoms with Gasteiger partial charge in [0.25, 0.3) is 0 Å². The van der Waals surface area contributed by atoms with Crippen molar-refractivity contribution in [2.75, 3.05) is 0 Å². The largest absolute Gasteiger partial charge is 0.508 e. The van der Waals surface area contributed by atoms with E-state index in [1.54, 1.807) is 55.5 Å². The van der Waals surface area contributed by atoms with Gasteiger partial charge in [0.15, 0.2) is 0 Å². The van der Waals surface area contributed by atoms with Gasteiger partial charge in [0, 0.05) is 16.8 Å². The van der Waals surface area contributed by atoms with Gasteiger partial charge in [-0.05, 0) is 42.3 Å². The smallest absolute Gasteiger partial charge is 0.115 e. The molecule has 2 aromatic carbocycles. The van der Waals surface area contributed by atoms with E-state index in [9.17, 15) is 10.4 Å². The van der Waals surface area contributed by atoms with Gasteiger partial charge in [-0.2, -0.15) is 5.26 Å². The lowest BCUT2D eigenvalue weighted by molar-refractivity contribution is 0.475. The zero-order valence-electron chi connectivity index (χ0n) is 13.6. The maximum atomic E-state index is 9.54. The van der Waals surface area contributed by atoms with E-state index in [1.165, 1.54) is 0 Å². The molecule has 3 N–H and O–H groups in total. The first-order valence-corrected chi connectivity index (χ1v) is 8.12. The molecule has 5 heteroatoms. The molecule has 3 nitrogen and oxygen atoms in total. The second-order valence-corrected chi connectivity index (χ2v) is 6.19. The molecule has 0 aliphatic rings. The maximum absolute atomic E-state index is 9.54. The quantitative estimate of drug-likeness (QED) is 0.547. The van der Waals surface area contributed by atoms with Crippen molar-refractivity contribution in [2.24, 2.45) is 5.73 Å². The topological polar surface area (TPSA) is 70.0 Å². The third kappa shape index (κ3) is 4.24. The highest BCUT2D eigenvalue weighted by Crippen LogP contribution is 2.36. The number of hydrogen-bond donors (Lipinski definition) is 2. The van der Waals surface area contributed by atoms with Crippen LogP contribution in [-0.2, 0) is 0 Å². The molecule has 2 aromatic rings. The van der Waals surface area contributed by atoms with Crippen LogP contribution < -0.4 is 5.73 Å². The zero-order valence-corrected chi connectivity index (χ0v) is 15.1. The van der Waals surface area contributed by atoms with Crippen LogP contribution in [0.5, 0.6) is 5.75 Å². The highest BCUT2D eigenvalue weighted by Gasteiger charge is 2.16. The van der Waals surface area contributed by atoms with Crippen molar-refractivity contribution in [3.05, 3.63) is 87.6 Å². The second kappa shape index (κ2) is 7.94. The Hall–Kier alpha value is -2.67. The third-order valence-corrected chi connectivity index (χ3v) is 4.39. The molecule has 25 heavy (non-hydrogen) atoms. The fourth-order valence-electron chi connectivity index (χ4n) is 2.29. The van der Waals surface area contributed by atoms with Crippen molar-refractivity contribution in [3.63, 3.8) is 0 Å². The Morgan fingerprint density at radius 3 is 2.40 bits per heavy atom. The number of nitrogens with zero attached hydrogens (tertiary/aromatic N) is 1. The molecule has 0 amide bonds. The lowest BCUT2D eigenvalue weighted by atomic mass is 9.93. The number of halogens is 2. The first kappa shape index (κ1) is 18.7. The summed E-state index contributed by atoms with van der Waals surface area (Å²) < 4.78 is 0. The average molecular weight is 371 g/mol. The van der Waals surface area contributed by atoms with Crippen LogP contribution in [0.2, 0.25) is 10.0 Å². The van der Waals surface area contributed by atoms with Crippen molar-refractivity contribution >= 4 is 34.3 Å². The number of hydrogen-bond acceptors (Lipinski definition) is 3. The van der Waals surface area contributed by atoms with Gasteiger partial charge >= 0.3 is 0 Å². The molecule has 0 bridgehead atoms. The SMILES string of the molecule is C=C(/C=C(\C(C#N)=C(\C)N)c1cccc(Cl)c1Cl)c1ccc(O)cc1. The molecule has 0 spiro atoms. The highest BCUT2D eigenvalue weighted by atomic mass is 35.5. The summed E-state index contributed by atoms with van der Waals surface area (Å²) in [7, 11) is 0. The Balaban J connectivity index is 2.65. The zero-order chi connectivity index (χ0) is 18.6. The van der Waals surface area contributed by atoms with Gasteiger partial charge < -0.3 is 10.8 Å². The van der Waals surface area contributed by atoms with Crippen molar-refractivity contribution in [2.45, 2.75) is 6.92 Å². The van der Waals surface area contributed by atoms with Gasteiger partial charge in [-0.1, -0.05) is 54.0 Å². The van der Waals surface area contributed by atoms with E-state index in [-0.39, 0.29) is 5.75 Å². The Bertz CT molecular complexity index is 916. The summed E-state index contributed by atoms with van der Waals surface area (Å²) >= 11 is 12.5. The van der Waals surface area contributed by atoms with Crippen molar-refractivity contribution < 1.29 is 5.11 Å². The normalized spacial score (nSPS) is 12.3. The number of rotatable bonds is 4. The number of benzene rings is 2. The minimum Gasteiger partial charge on any atom is -0.508 e. The Kier molecular flexibility index (Phi) is 5.93. The number of nitrogens with two attached hydrogens (primary N) is 1. The molecule has 0 saturated heterocycles. The van der Waals surface area contributed by atoms with E-state index in [1.807, 2.05) is 0 Å². The van der Waals surface area contributed by atoms with Crippen LogP contribution in [0.25, 0.3) is 11.1 Å². The summed E-state index contributed by atoms with van der Waals surface area (Å²) in [5.74, 6) is 0.161. The number of phenolic OH excluding ortho intramolecular Hbond substituents is 1. The number of nitriles is 1. The van der Waals surface area contributed by atoms with Gasteiger partial charge in [0.1, 0.15) is 11.8 Å². The molecular formula is C20H16Cl2N2O. The molecule has 0 atom stereocenters. The molecular weight excluding hydrogens is 355 g/mol. The van der Waals surface area contributed by atoms with Crippen LogP contribution in [0.1, 0.15) is 18.1 Å². The fraction of sp³-hybridized carbons (Fsp3) is 0.0500. The second-order valence-electron chi connectivity index (χ2n) is 5.40. The van der Waals surface area contributed by atoms with Crippen LogP contribution in [0.3, 0.4) is 0 Å². The monoisotopic (exact) mass is 370 g/mol. The van der Waals surface area contributed by atoms with E-state index >= 15 is 0 Å². The standard InChI is InChI=1S/C20H16Cl2N2O/c1-12(14-6-8-15(25)9-7-14)10-17(18(11-23)13(2)24)16-4-3-5-19(21)20(16)22/h3-10,25H,1,24H2,2H3/b17-10-,18-13-. The third-order valence-electron chi connectivity index (χ3n) is 3.57. The highest BCUT2D eigenvalue weighted by molar-refractivity contribution is 6.43. The lowest BCUT2D eigenvalue weighted by Crippen LogP contribution is -2.01. The summed E-state index contributed by atoms with van der Waals surface area (Å²) in [5.41, 5.74) is 9.10. The molecule has 0 heterocycles. The number of phenols is 1. The van der Waals surface area contributed by atoms with E-state index in [0.717, 1.165) is 5.56 Å². The van der Waals surface area contributed by atoms with Crippen LogP contribution in [-0.4, -0.2) is 5.11 Å². The molecule has 126 valence electrons. The minimum atomic E-state index is 0.161. The molecule has 0 radical (unpaired) electrons. The molecule has 0 aliphatic heterocycles. The van der Waals surface area contributed by atoms with Gasteiger partial charge in [-0.3, -0.25) is 0 Å². The maximum Gasteiger partial charge on any atom is 0.115 e. The van der Waals surface area contributed by atoms with Gasteiger partial charge in [0.2, 0.25) is 0 Å². The van der Waals surface area contributed by atoms with E-state index in [2.05, 4.69) is 12.6 Å². The predicted molar refractivity (Wildman–Crippen MR) is 104 cm³/mol. The van der Waals surface area contributed by atoms with Gasteiger partial charge in [-0.15, -0.1) is 0 Å². The number of allylic oxidation sites excluding steroid dienone is 5. The molecule has 2 rings (SSSR count). The van der Waals surface area contributed by atoms with E-state index in [0.29, 0.717) is 38.0 Å². The van der Waals surface area contributed by atoms with E-state index < -0.39 is 0 Å². The molecule has 0 aliphatic carbocycles. The lowest BCUT2D eigenvalue weighted by Gasteiger charge is -2.13. The fourth-order valence-corrected chi connectivity index (χ4v) is 2.69. The molecule has 0 unspecified atom stereocenters. The first-order valence-electron chi connectivity index (χ1n) is 7.36.